The Morgan fingerprint density at radius 3 is 2.54 bits per heavy atom. The molecule has 26 heavy (non-hydrogen) atoms. The van der Waals surface area contributed by atoms with E-state index in [1.165, 1.54) is 24.3 Å². The first-order valence-electron chi connectivity index (χ1n) is 8.11. The van der Waals surface area contributed by atoms with Gasteiger partial charge in [-0.1, -0.05) is 11.3 Å². The van der Waals surface area contributed by atoms with Gasteiger partial charge in [0.1, 0.15) is 11.6 Å². The lowest BCUT2D eigenvalue weighted by molar-refractivity contribution is -0.380. The first-order valence-corrected chi connectivity index (χ1v) is 8.99. The number of nitrogens with zero attached hydrogens (tertiary/aromatic N) is 3. The zero-order valence-electron chi connectivity index (χ0n) is 14.0. The Bertz CT molecular complexity index is 773. The van der Waals surface area contributed by atoms with E-state index < -0.39 is 0 Å². The van der Waals surface area contributed by atoms with Crippen LogP contribution in [-0.4, -0.2) is 53.4 Å². The van der Waals surface area contributed by atoms with E-state index in [0.717, 1.165) is 16.9 Å². The summed E-state index contributed by atoms with van der Waals surface area (Å²) >= 11 is 1.13. The van der Waals surface area contributed by atoms with Crippen molar-refractivity contribution in [3.05, 3.63) is 57.2 Å². The standard InChI is InChI=1S/C17H18FN3O4S/c18-14-1-3-15(4-2-14)25-11-16(22)20-7-5-19(6-8-20)10-13-9-17(21(23)24)26-12-13/h1-4,9,12H,5-8,10-11H2. The van der Waals surface area contributed by atoms with E-state index >= 15 is 0 Å². The summed E-state index contributed by atoms with van der Waals surface area (Å²) in [5.41, 5.74) is 0.918. The third kappa shape index (κ3) is 4.77. The zero-order chi connectivity index (χ0) is 18.5. The molecule has 0 unspecified atom stereocenters. The number of rotatable bonds is 6. The minimum Gasteiger partial charge on any atom is -0.484 e. The summed E-state index contributed by atoms with van der Waals surface area (Å²) in [5, 5.41) is 12.7. The summed E-state index contributed by atoms with van der Waals surface area (Å²) in [7, 11) is 0. The number of benzene rings is 1. The summed E-state index contributed by atoms with van der Waals surface area (Å²) in [6.45, 7) is 3.12. The molecule has 1 aliphatic rings. The first kappa shape index (κ1) is 18.3. The molecular weight excluding hydrogens is 361 g/mol. The van der Waals surface area contributed by atoms with Crippen molar-refractivity contribution < 1.29 is 18.8 Å². The van der Waals surface area contributed by atoms with Gasteiger partial charge in [-0.05, 0) is 29.8 Å². The van der Waals surface area contributed by atoms with Crippen LogP contribution in [0, 0.1) is 15.9 Å². The summed E-state index contributed by atoms with van der Waals surface area (Å²) in [6.07, 6.45) is 0. The van der Waals surface area contributed by atoms with Crippen LogP contribution in [0.3, 0.4) is 0 Å². The number of piperazine rings is 1. The van der Waals surface area contributed by atoms with Crippen molar-refractivity contribution in [3.63, 3.8) is 0 Å². The lowest BCUT2D eigenvalue weighted by Gasteiger charge is -2.34. The normalized spacial score (nSPS) is 15.0. The third-order valence-corrected chi connectivity index (χ3v) is 5.06. The van der Waals surface area contributed by atoms with E-state index in [1.54, 1.807) is 16.3 Å². The van der Waals surface area contributed by atoms with Crippen LogP contribution in [0.1, 0.15) is 5.56 Å². The van der Waals surface area contributed by atoms with Crippen LogP contribution < -0.4 is 4.74 Å². The Hall–Kier alpha value is -2.52. The molecule has 0 saturated carbocycles. The predicted molar refractivity (Wildman–Crippen MR) is 94.7 cm³/mol. The topological polar surface area (TPSA) is 75.9 Å². The van der Waals surface area contributed by atoms with Crippen LogP contribution in [0.4, 0.5) is 9.39 Å². The second kappa shape index (κ2) is 8.24. The molecule has 0 spiro atoms. The van der Waals surface area contributed by atoms with E-state index in [4.69, 9.17) is 4.74 Å². The Morgan fingerprint density at radius 1 is 1.23 bits per heavy atom. The van der Waals surface area contributed by atoms with Gasteiger partial charge in [0, 0.05) is 44.2 Å². The SMILES string of the molecule is O=C(COc1ccc(F)cc1)N1CCN(Cc2csc([N+](=O)[O-])c2)CC1. The van der Waals surface area contributed by atoms with Crippen LogP contribution in [0.2, 0.25) is 0 Å². The van der Waals surface area contributed by atoms with E-state index in [1.807, 2.05) is 0 Å². The second-order valence-electron chi connectivity index (χ2n) is 5.95. The molecule has 0 N–H and O–H groups in total. The fourth-order valence-electron chi connectivity index (χ4n) is 2.72. The fourth-order valence-corrected chi connectivity index (χ4v) is 3.44. The van der Waals surface area contributed by atoms with Crippen molar-refractivity contribution in [3.8, 4) is 5.75 Å². The monoisotopic (exact) mass is 379 g/mol. The molecule has 1 fully saturated rings. The van der Waals surface area contributed by atoms with Gasteiger partial charge in [0.15, 0.2) is 6.61 Å². The highest BCUT2D eigenvalue weighted by molar-refractivity contribution is 7.13. The smallest absolute Gasteiger partial charge is 0.324 e. The Balaban J connectivity index is 1.43. The molecule has 0 bridgehead atoms. The first-order chi connectivity index (χ1) is 12.5. The van der Waals surface area contributed by atoms with Crippen LogP contribution in [0.5, 0.6) is 5.75 Å². The maximum atomic E-state index is 12.8. The second-order valence-corrected chi connectivity index (χ2v) is 6.84. The molecular formula is C17H18FN3O4S. The summed E-state index contributed by atoms with van der Waals surface area (Å²) in [6, 6.07) is 7.14. The minimum atomic E-state index is -0.383. The molecule has 1 amide bonds. The van der Waals surface area contributed by atoms with Gasteiger partial charge in [0.25, 0.3) is 5.91 Å². The molecule has 1 aliphatic heterocycles. The summed E-state index contributed by atoms with van der Waals surface area (Å²) in [5.74, 6) is -0.00617. The Kier molecular flexibility index (Phi) is 5.79. The molecule has 7 nitrogen and oxygen atoms in total. The van der Waals surface area contributed by atoms with Crippen molar-refractivity contribution in [1.29, 1.82) is 0 Å². The van der Waals surface area contributed by atoms with Crippen LogP contribution in [-0.2, 0) is 11.3 Å². The van der Waals surface area contributed by atoms with Gasteiger partial charge >= 0.3 is 5.00 Å². The molecule has 0 atom stereocenters. The number of ether oxygens (including phenoxy) is 1. The number of thiophene rings is 1. The van der Waals surface area contributed by atoms with Crippen molar-refractivity contribution in [2.45, 2.75) is 6.54 Å². The van der Waals surface area contributed by atoms with Gasteiger partial charge in [-0.3, -0.25) is 19.8 Å². The van der Waals surface area contributed by atoms with Gasteiger partial charge < -0.3 is 9.64 Å². The van der Waals surface area contributed by atoms with Crippen LogP contribution in [0.25, 0.3) is 0 Å². The van der Waals surface area contributed by atoms with Gasteiger partial charge in [-0.15, -0.1) is 0 Å². The number of hydrogen-bond donors (Lipinski definition) is 0. The molecule has 3 rings (SSSR count). The van der Waals surface area contributed by atoms with Gasteiger partial charge in [0.05, 0.1) is 4.92 Å². The average molecular weight is 379 g/mol. The maximum Gasteiger partial charge on any atom is 0.324 e. The van der Waals surface area contributed by atoms with Crippen molar-refractivity contribution in [2.24, 2.45) is 0 Å². The number of carbonyl (C=O) groups is 1. The van der Waals surface area contributed by atoms with Crippen molar-refractivity contribution >= 4 is 22.2 Å². The lowest BCUT2D eigenvalue weighted by Crippen LogP contribution is -2.49. The fraction of sp³-hybridized carbons (Fsp3) is 0.353. The third-order valence-electron chi connectivity index (χ3n) is 4.13. The quantitative estimate of drug-likeness (QED) is 0.569. The van der Waals surface area contributed by atoms with Crippen LogP contribution in [0.15, 0.2) is 35.7 Å². The highest BCUT2D eigenvalue weighted by atomic mass is 32.1. The van der Waals surface area contributed by atoms with Gasteiger partial charge in [-0.25, -0.2) is 4.39 Å². The predicted octanol–water partition coefficient (Wildman–Crippen LogP) is 2.52. The zero-order valence-corrected chi connectivity index (χ0v) is 14.8. The van der Waals surface area contributed by atoms with Crippen LogP contribution >= 0.6 is 11.3 Å². The van der Waals surface area contributed by atoms with E-state index in [0.29, 0.717) is 38.5 Å². The molecule has 9 heteroatoms. The highest BCUT2D eigenvalue weighted by Gasteiger charge is 2.22. The molecule has 2 aromatic rings. The van der Waals surface area contributed by atoms with E-state index in [9.17, 15) is 19.3 Å². The molecule has 0 aliphatic carbocycles. The number of nitro groups is 1. The number of hydrogen-bond acceptors (Lipinski definition) is 6. The van der Waals surface area contributed by atoms with E-state index in [-0.39, 0.29) is 28.3 Å². The number of amides is 1. The largest absolute Gasteiger partial charge is 0.484 e. The van der Waals surface area contributed by atoms with E-state index in [2.05, 4.69) is 4.90 Å². The lowest BCUT2D eigenvalue weighted by atomic mass is 10.2. The Labute approximate surface area is 153 Å². The van der Waals surface area contributed by atoms with Crippen molar-refractivity contribution in [2.75, 3.05) is 32.8 Å². The average Bonchev–Trinajstić information content (AvgIpc) is 3.10. The minimum absolute atomic E-state index is 0.0810. The summed E-state index contributed by atoms with van der Waals surface area (Å²) in [4.78, 5) is 26.5. The molecule has 1 aromatic heterocycles. The number of halogens is 1. The van der Waals surface area contributed by atoms with Gasteiger partial charge in [0.2, 0.25) is 0 Å². The molecule has 138 valence electrons. The van der Waals surface area contributed by atoms with Crippen molar-refractivity contribution in [1.82, 2.24) is 9.80 Å². The molecule has 0 radical (unpaired) electrons. The maximum absolute atomic E-state index is 12.8. The highest BCUT2D eigenvalue weighted by Crippen LogP contribution is 2.23. The molecule has 1 aromatic carbocycles. The van der Waals surface area contributed by atoms with Gasteiger partial charge in [-0.2, -0.15) is 0 Å². The Morgan fingerprint density at radius 2 is 1.92 bits per heavy atom. The molecule has 2 heterocycles. The number of carbonyl (C=O) groups excluding carboxylic acids is 1. The molecule has 1 saturated heterocycles. The summed E-state index contributed by atoms with van der Waals surface area (Å²) < 4.78 is 18.2.